The Hall–Kier alpha value is -1.42. The molecule has 0 spiro atoms. The summed E-state index contributed by atoms with van der Waals surface area (Å²) in [5, 5.41) is 2.85. The second-order valence-corrected chi connectivity index (χ2v) is 2.98. The van der Waals surface area contributed by atoms with Gasteiger partial charge in [-0.3, -0.25) is 4.79 Å². The molecule has 0 aliphatic heterocycles. The molecule has 0 aliphatic carbocycles. The topological polar surface area (TPSA) is 55.1 Å². The number of hydrogen-bond acceptors (Lipinski definition) is 3. The molecule has 3 N–H and O–H groups in total. The summed E-state index contributed by atoms with van der Waals surface area (Å²) in [6.45, 7) is 0.564. The number of nitrogens with two attached hydrogens (primary N) is 1. The molecule has 0 aliphatic rings. The van der Waals surface area contributed by atoms with Crippen molar-refractivity contribution in [3.05, 3.63) is 29.6 Å². The first-order valence-electron chi connectivity index (χ1n) is 4.38. The van der Waals surface area contributed by atoms with E-state index in [0.29, 0.717) is 13.0 Å². The smallest absolute Gasteiger partial charge is 0.166 e. The van der Waals surface area contributed by atoms with Gasteiger partial charge in [-0.1, -0.05) is 6.07 Å². The number of carbonyl (C=O) groups is 1. The zero-order valence-electron chi connectivity index (χ0n) is 8.01. The Kier molecular flexibility index (Phi) is 3.59. The number of nitrogen functional groups attached to an aromatic ring is 1. The molecule has 3 nitrogen and oxygen atoms in total. The van der Waals surface area contributed by atoms with Gasteiger partial charge >= 0.3 is 0 Å². The van der Waals surface area contributed by atoms with Gasteiger partial charge in [0.05, 0.1) is 5.69 Å². The number of ketones is 1. The van der Waals surface area contributed by atoms with Gasteiger partial charge in [0.15, 0.2) is 5.78 Å². The summed E-state index contributed by atoms with van der Waals surface area (Å²) >= 11 is 0. The molecule has 1 rings (SSSR count). The summed E-state index contributed by atoms with van der Waals surface area (Å²) in [4.78, 5) is 11.5. The van der Waals surface area contributed by atoms with Gasteiger partial charge < -0.3 is 11.1 Å². The van der Waals surface area contributed by atoms with E-state index in [-0.39, 0.29) is 17.0 Å². The number of hydrogen-bond donors (Lipinski definition) is 2. The molecule has 76 valence electrons. The molecule has 0 heterocycles. The maximum absolute atomic E-state index is 13.0. The Morgan fingerprint density at radius 2 is 2.29 bits per heavy atom. The van der Waals surface area contributed by atoms with E-state index in [9.17, 15) is 9.18 Å². The maximum Gasteiger partial charge on any atom is 0.166 e. The fraction of sp³-hybridized carbons (Fsp3) is 0.300. The third-order valence-corrected chi connectivity index (χ3v) is 1.96. The number of Topliss-reactive ketones (excluding diaryl/α,β-unsaturated/α-hetero) is 1. The lowest BCUT2D eigenvalue weighted by Gasteiger charge is -2.04. The zero-order chi connectivity index (χ0) is 10.6. The van der Waals surface area contributed by atoms with Crippen LogP contribution in [0.2, 0.25) is 0 Å². The molecule has 0 aromatic heterocycles. The maximum atomic E-state index is 13.0. The van der Waals surface area contributed by atoms with Crippen LogP contribution in [0, 0.1) is 5.82 Å². The van der Waals surface area contributed by atoms with Crippen molar-refractivity contribution in [3.8, 4) is 0 Å². The third kappa shape index (κ3) is 2.29. The lowest BCUT2D eigenvalue weighted by Crippen LogP contribution is -2.14. The highest BCUT2D eigenvalue weighted by Crippen LogP contribution is 2.17. The van der Waals surface area contributed by atoms with Crippen LogP contribution in [0.4, 0.5) is 10.1 Å². The molecule has 4 heteroatoms. The van der Waals surface area contributed by atoms with Gasteiger partial charge in [0.1, 0.15) is 5.82 Å². The first-order chi connectivity index (χ1) is 6.66. The predicted octanol–water partition coefficient (Wildman–Crippen LogP) is 1.20. The van der Waals surface area contributed by atoms with Crippen LogP contribution >= 0.6 is 0 Å². The number of carbonyl (C=O) groups excluding carboxylic acids is 1. The molecule has 0 fully saturated rings. The van der Waals surface area contributed by atoms with Crippen LogP contribution in [-0.4, -0.2) is 19.4 Å². The van der Waals surface area contributed by atoms with E-state index in [2.05, 4.69) is 5.32 Å². The average Bonchev–Trinajstić information content (AvgIpc) is 2.18. The zero-order valence-corrected chi connectivity index (χ0v) is 8.01. The number of nitrogens with one attached hydrogen (secondary N) is 1. The van der Waals surface area contributed by atoms with Crippen molar-refractivity contribution in [3.63, 3.8) is 0 Å². The minimum absolute atomic E-state index is 0.0615. The molecular weight excluding hydrogens is 183 g/mol. The van der Waals surface area contributed by atoms with Crippen molar-refractivity contribution in [2.45, 2.75) is 6.42 Å². The molecule has 14 heavy (non-hydrogen) atoms. The Balaban J connectivity index is 2.84. The summed E-state index contributed by atoms with van der Waals surface area (Å²) in [6.07, 6.45) is 0.324. The molecule has 0 unspecified atom stereocenters. The number of para-hydroxylation sites is 1. The molecule has 0 bridgehead atoms. The predicted molar refractivity (Wildman–Crippen MR) is 53.7 cm³/mol. The van der Waals surface area contributed by atoms with Gasteiger partial charge in [0.2, 0.25) is 0 Å². The quantitative estimate of drug-likeness (QED) is 0.562. The molecular formula is C10H13FN2O. The van der Waals surface area contributed by atoms with Crippen molar-refractivity contribution >= 4 is 11.5 Å². The lowest BCUT2D eigenvalue weighted by molar-refractivity contribution is 0.0983. The molecule has 1 aromatic carbocycles. The lowest BCUT2D eigenvalue weighted by atomic mass is 10.1. The van der Waals surface area contributed by atoms with E-state index >= 15 is 0 Å². The summed E-state index contributed by atoms with van der Waals surface area (Å²) in [5.74, 6) is -0.684. The van der Waals surface area contributed by atoms with Crippen LogP contribution in [-0.2, 0) is 0 Å². The van der Waals surface area contributed by atoms with Crippen molar-refractivity contribution in [1.82, 2.24) is 5.32 Å². The van der Waals surface area contributed by atoms with Crippen molar-refractivity contribution < 1.29 is 9.18 Å². The van der Waals surface area contributed by atoms with E-state index in [4.69, 9.17) is 5.73 Å². The number of halogens is 1. The van der Waals surface area contributed by atoms with E-state index < -0.39 is 5.82 Å². The summed E-state index contributed by atoms with van der Waals surface area (Å²) in [6, 6.07) is 4.26. The van der Waals surface area contributed by atoms with Gasteiger partial charge in [0, 0.05) is 18.5 Å². The van der Waals surface area contributed by atoms with E-state index in [0.717, 1.165) is 0 Å². The first kappa shape index (κ1) is 10.7. The van der Waals surface area contributed by atoms with E-state index in [1.807, 2.05) is 0 Å². The van der Waals surface area contributed by atoms with Crippen LogP contribution in [0.3, 0.4) is 0 Å². The minimum Gasteiger partial charge on any atom is -0.396 e. The monoisotopic (exact) mass is 196 g/mol. The molecule has 0 saturated carbocycles. The normalized spacial score (nSPS) is 10.1. The van der Waals surface area contributed by atoms with Gasteiger partial charge in [-0.2, -0.15) is 0 Å². The standard InChI is InChI=1S/C10H13FN2O/c1-13-6-5-9(14)7-3-2-4-8(11)10(7)12/h2-4,13H,5-6,12H2,1H3. The Bertz CT molecular complexity index is 339. The van der Waals surface area contributed by atoms with Gasteiger partial charge in [-0.25, -0.2) is 4.39 Å². The number of benzene rings is 1. The molecule has 0 saturated heterocycles. The summed E-state index contributed by atoms with van der Waals surface area (Å²) in [5.41, 5.74) is 5.64. The second-order valence-electron chi connectivity index (χ2n) is 2.98. The SMILES string of the molecule is CNCCC(=O)c1cccc(F)c1N. The van der Waals surface area contributed by atoms with Crippen molar-refractivity contribution in [1.29, 1.82) is 0 Å². The average molecular weight is 196 g/mol. The minimum atomic E-state index is -0.541. The Morgan fingerprint density at radius 3 is 2.93 bits per heavy atom. The largest absolute Gasteiger partial charge is 0.396 e. The molecule has 0 radical (unpaired) electrons. The van der Waals surface area contributed by atoms with Crippen LogP contribution in [0.15, 0.2) is 18.2 Å². The Morgan fingerprint density at radius 1 is 1.57 bits per heavy atom. The van der Waals surface area contributed by atoms with Crippen molar-refractivity contribution in [2.75, 3.05) is 19.3 Å². The summed E-state index contributed by atoms with van der Waals surface area (Å²) < 4.78 is 13.0. The number of anilines is 1. The van der Waals surface area contributed by atoms with Gasteiger partial charge in [-0.05, 0) is 19.2 Å². The third-order valence-electron chi connectivity index (χ3n) is 1.96. The Labute approximate surface area is 82.1 Å². The fourth-order valence-corrected chi connectivity index (χ4v) is 1.15. The van der Waals surface area contributed by atoms with Crippen LogP contribution < -0.4 is 11.1 Å². The van der Waals surface area contributed by atoms with Crippen LogP contribution in [0.5, 0.6) is 0 Å². The van der Waals surface area contributed by atoms with Gasteiger partial charge in [-0.15, -0.1) is 0 Å². The van der Waals surface area contributed by atoms with Gasteiger partial charge in [0.25, 0.3) is 0 Å². The van der Waals surface area contributed by atoms with E-state index in [1.54, 1.807) is 7.05 Å². The highest BCUT2D eigenvalue weighted by molar-refractivity contribution is 6.00. The van der Waals surface area contributed by atoms with Crippen molar-refractivity contribution in [2.24, 2.45) is 0 Å². The highest BCUT2D eigenvalue weighted by Gasteiger charge is 2.11. The van der Waals surface area contributed by atoms with Crippen LogP contribution in [0.25, 0.3) is 0 Å². The van der Waals surface area contributed by atoms with Crippen LogP contribution in [0.1, 0.15) is 16.8 Å². The molecule has 0 amide bonds. The molecule has 0 atom stereocenters. The van der Waals surface area contributed by atoms with E-state index in [1.165, 1.54) is 18.2 Å². The summed E-state index contributed by atoms with van der Waals surface area (Å²) in [7, 11) is 1.75. The number of rotatable bonds is 4. The fourth-order valence-electron chi connectivity index (χ4n) is 1.15. The highest BCUT2D eigenvalue weighted by atomic mass is 19.1. The first-order valence-corrected chi connectivity index (χ1v) is 4.38. The second kappa shape index (κ2) is 4.72. The molecule has 1 aromatic rings.